The standard InChI is InChI=1S/C21H18N2O5/c1-26-15-7-3-13(4-8-15)17-11-21(19(24)22-23-20(21)25)12-18(28-17)14-5-9-16(27-2)10-6-14/h3-12H,1-2H3,(H,22,24)(H,23,25). The number of hydrazine groups is 1. The zero-order valence-electron chi connectivity index (χ0n) is 15.3. The summed E-state index contributed by atoms with van der Waals surface area (Å²) in [5.41, 5.74) is 4.72. The molecule has 7 nitrogen and oxygen atoms in total. The smallest absolute Gasteiger partial charge is 0.262 e. The molecule has 4 rings (SSSR count). The van der Waals surface area contributed by atoms with Crippen LogP contribution in [-0.4, -0.2) is 26.0 Å². The molecule has 142 valence electrons. The molecule has 2 aromatic rings. The molecule has 0 aliphatic carbocycles. The average molecular weight is 378 g/mol. The highest BCUT2D eigenvalue weighted by molar-refractivity contribution is 6.15. The molecule has 1 spiro atoms. The molecule has 1 saturated heterocycles. The third-order valence-corrected chi connectivity index (χ3v) is 4.73. The Balaban J connectivity index is 1.80. The lowest BCUT2D eigenvalue weighted by Gasteiger charge is -2.26. The molecule has 2 heterocycles. The highest BCUT2D eigenvalue weighted by atomic mass is 16.5. The molecule has 2 aliphatic heterocycles. The Hall–Kier alpha value is -3.74. The fourth-order valence-corrected chi connectivity index (χ4v) is 3.11. The zero-order valence-corrected chi connectivity index (χ0v) is 15.3. The van der Waals surface area contributed by atoms with E-state index in [1.54, 1.807) is 62.8 Å². The summed E-state index contributed by atoms with van der Waals surface area (Å²) in [4.78, 5) is 25.1. The topological polar surface area (TPSA) is 85.9 Å². The second-order valence-corrected chi connectivity index (χ2v) is 6.35. The quantitative estimate of drug-likeness (QED) is 0.797. The molecule has 2 aliphatic rings. The first-order chi connectivity index (χ1) is 13.6. The van der Waals surface area contributed by atoms with Gasteiger partial charge in [0.2, 0.25) is 0 Å². The second-order valence-electron chi connectivity index (χ2n) is 6.35. The SMILES string of the molecule is COc1ccc(C2=CC3(C=C(c4ccc(OC)cc4)O2)C(=O)NNC3=O)cc1. The summed E-state index contributed by atoms with van der Waals surface area (Å²) >= 11 is 0. The molecular formula is C21H18N2O5. The van der Waals surface area contributed by atoms with Gasteiger partial charge in [-0.1, -0.05) is 0 Å². The molecule has 0 unspecified atom stereocenters. The number of benzene rings is 2. The van der Waals surface area contributed by atoms with Gasteiger partial charge in [-0.25, -0.2) is 0 Å². The molecular weight excluding hydrogens is 360 g/mol. The van der Waals surface area contributed by atoms with Crippen LogP contribution in [-0.2, 0) is 14.3 Å². The number of methoxy groups -OCH3 is 2. The van der Waals surface area contributed by atoms with Crippen molar-refractivity contribution in [3.63, 3.8) is 0 Å². The Morgan fingerprint density at radius 2 is 1.11 bits per heavy atom. The zero-order chi connectivity index (χ0) is 19.7. The molecule has 0 aromatic heterocycles. The first-order valence-corrected chi connectivity index (χ1v) is 8.59. The number of carbonyl (C=O) groups is 2. The third kappa shape index (κ3) is 2.87. The number of carbonyl (C=O) groups excluding carboxylic acids is 2. The maximum Gasteiger partial charge on any atom is 0.262 e. The minimum absolute atomic E-state index is 0.406. The van der Waals surface area contributed by atoms with Crippen LogP contribution in [0.25, 0.3) is 11.5 Å². The fourth-order valence-electron chi connectivity index (χ4n) is 3.11. The maximum atomic E-state index is 12.5. The first kappa shape index (κ1) is 17.7. The maximum absolute atomic E-state index is 12.5. The molecule has 0 bridgehead atoms. The van der Waals surface area contributed by atoms with Crippen molar-refractivity contribution < 1.29 is 23.8 Å². The number of hydrogen-bond acceptors (Lipinski definition) is 5. The lowest BCUT2D eigenvalue weighted by atomic mass is 9.83. The van der Waals surface area contributed by atoms with Crippen LogP contribution < -0.4 is 20.3 Å². The van der Waals surface area contributed by atoms with Crippen molar-refractivity contribution in [1.82, 2.24) is 10.9 Å². The largest absolute Gasteiger partial charge is 0.497 e. The van der Waals surface area contributed by atoms with E-state index in [9.17, 15) is 9.59 Å². The van der Waals surface area contributed by atoms with Gasteiger partial charge in [0.05, 0.1) is 14.2 Å². The van der Waals surface area contributed by atoms with Crippen LogP contribution in [0, 0.1) is 5.41 Å². The highest BCUT2D eigenvalue weighted by Gasteiger charge is 2.50. The van der Waals surface area contributed by atoms with Crippen molar-refractivity contribution in [3.05, 3.63) is 71.8 Å². The molecule has 0 saturated carbocycles. The Bertz CT molecular complexity index is 909. The predicted octanol–water partition coefficient (Wildman–Crippen LogP) is 2.26. The van der Waals surface area contributed by atoms with E-state index < -0.39 is 17.2 Å². The van der Waals surface area contributed by atoms with Gasteiger partial charge in [0, 0.05) is 11.1 Å². The number of ether oxygens (including phenoxy) is 3. The second kappa shape index (κ2) is 6.77. The minimum atomic E-state index is -1.48. The van der Waals surface area contributed by atoms with Gasteiger partial charge in [0.15, 0.2) is 5.41 Å². The van der Waals surface area contributed by atoms with Crippen LogP contribution in [0.5, 0.6) is 11.5 Å². The first-order valence-electron chi connectivity index (χ1n) is 8.59. The number of hydrogen-bond donors (Lipinski definition) is 2. The van der Waals surface area contributed by atoms with Gasteiger partial charge in [-0.3, -0.25) is 20.4 Å². The normalized spacial score (nSPS) is 17.2. The Morgan fingerprint density at radius 3 is 1.46 bits per heavy atom. The molecule has 0 atom stereocenters. The summed E-state index contributed by atoms with van der Waals surface area (Å²) < 4.78 is 16.4. The van der Waals surface area contributed by atoms with E-state index in [4.69, 9.17) is 14.2 Å². The van der Waals surface area contributed by atoms with Crippen LogP contribution >= 0.6 is 0 Å². The van der Waals surface area contributed by atoms with Crippen molar-refractivity contribution >= 4 is 23.3 Å². The van der Waals surface area contributed by atoms with Gasteiger partial charge >= 0.3 is 0 Å². The number of nitrogens with one attached hydrogen (secondary N) is 2. The predicted molar refractivity (Wildman–Crippen MR) is 102 cm³/mol. The van der Waals surface area contributed by atoms with Crippen LogP contribution in [0.15, 0.2) is 60.7 Å². The highest BCUT2D eigenvalue weighted by Crippen LogP contribution is 2.40. The molecule has 2 N–H and O–H groups in total. The third-order valence-electron chi connectivity index (χ3n) is 4.73. The monoisotopic (exact) mass is 378 g/mol. The van der Waals surface area contributed by atoms with E-state index in [2.05, 4.69) is 10.9 Å². The van der Waals surface area contributed by atoms with E-state index in [-0.39, 0.29) is 0 Å². The summed E-state index contributed by atoms with van der Waals surface area (Å²) in [5, 5.41) is 0. The summed E-state index contributed by atoms with van der Waals surface area (Å²) in [6.07, 6.45) is 3.05. The summed E-state index contributed by atoms with van der Waals surface area (Å²) in [7, 11) is 3.16. The lowest BCUT2D eigenvalue weighted by Crippen LogP contribution is -2.34. The van der Waals surface area contributed by atoms with Crippen molar-refractivity contribution in [2.45, 2.75) is 0 Å². The van der Waals surface area contributed by atoms with Gasteiger partial charge in [-0.15, -0.1) is 0 Å². The lowest BCUT2D eigenvalue weighted by molar-refractivity contribution is -0.130. The van der Waals surface area contributed by atoms with Crippen molar-refractivity contribution in [2.75, 3.05) is 14.2 Å². The number of amides is 2. The Labute approximate surface area is 161 Å². The Morgan fingerprint density at radius 1 is 0.714 bits per heavy atom. The van der Waals surface area contributed by atoms with Gasteiger partial charge in [-0.05, 0) is 60.7 Å². The molecule has 2 aromatic carbocycles. The number of rotatable bonds is 4. The summed E-state index contributed by atoms with van der Waals surface area (Å²) in [6.45, 7) is 0. The van der Waals surface area contributed by atoms with E-state index >= 15 is 0 Å². The van der Waals surface area contributed by atoms with Crippen LogP contribution in [0.2, 0.25) is 0 Å². The fraction of sp³-hybridized carbons (Fsp3) is 0.143. The Kier molecular flexibility index (Phi) is 4.27. The minimum Gasteiger partial charge on any atom is -0.497 e. The molecule has 7 heteroatoms. The van der Waals surface area contributed by atoms with Gasteiger partial charge in [0.25, 0.3) is 11.8 Å². The van der Waals surface area contributed by atoms with Crippen LogP contribution in [0.4, 0.5) is 0 Å². The van der Waals surface area contributed by atoms with Gasteiger partial charge < -0.3 is 14.2 Å². The molecule has 2 amide bonds. The summed E-state index contributed by atoms with van der Waals surface area (Å²) in [5.74, 6) is 1.27. The van der Waals surface area contributed by atoms with Crippen molar-refractivity contribution in [2.24, 2.45) is 5.41 Å². The van der Waals surface area contributed by atoms with Crippen LogP contribution in [0.1, 0.15) is 11.1 Å². The molecule has 1 fully saturated rings. The van der Waals surface area contributed by atoms with Crippen molar-refractivity contribution in [3.8, 4) is 11.5 Å². The molecule has 28 heavy (non-hydrogen) atoms. The van der Waals surface area contributed by atoms with Gasteiger partial charge in [-0.2, -0.15) is 0 Å². The van der Waals surface area contributed by atoms with E-state index in [1.807, 2.05) is 0 Å². The molecule has 0 radical (unpaired) electrons. The van der Waals surface area contributed by atoms with E-state index in [1.165, 1.54) is 12.2 Å². The summed E-state index contributed by atoms with van der Waals surface area (Å²) in [6, 6.07) is 14.4. The van der Waals surface area contributed by atoms with Gasteiger partial charge in [0.1, 0.15) is 23.0 Å². The van der Waals surface area contributed by atoms with E-state index in [0.29, 0.717) is 34.1 Å². The van der Waals surface area contributed by atoms with Crippen molar-refractivity contribution in [1.29, 1.82) is 0 Å². The average Bonchev–Trinajstić information content (AvgIpc) is 3.01. The van der Waals surface area contributed by atoms with E-state index in [0.717, 1.165) is 0 Å². The van der Waals surface area contributed by atoms with Crippen LogP contribution in [0.3, 0.4) is 0 Å².